The van der Waals surface area contributed by atoms with Gasteiger partial charge in [-0.2, -0.15) is 0 Å². The van der Waals surface area contributed by atoms with Gasteiger partial charge in [-0.3, -0.25) is 0 Å². The van der Waals surface area contributed by atoms with Crippen LogP contribution >= 0.6 is 0 Å². The zero-order valence-corrected chi connectivity index (χ0v) is 14.6. The van der Waals surface area contributed by atoms with Crippen LogP contribution in [0.15, 0.2) is 0 Å². The normalized spacial score (nSPS) is 45.1. The van der Waals surface area contributed by atoms with Crippen LogP contribution in [-0.4, -0.2) is 25.3 Å². The monoisotopic (exact) mass is 293 g/mol. The molecule has 122 valence electrons. The van der Waals surface area contributed by atoms with Gasteiger partial charge in [0.25, 0.3) is 0 Å². The third kappa shape index (κ3) is 2.79. The van der Waals surface area contributed by atoms with Crippen molar-refractivity contribution < 1.29 is 4.74 Å². The van der Waals surface area contributed by atoms with Crippen molar-refractivity contribution in [2.75, 3.05) is 13.2 Å². The van der Waals surface area contributed by atoms with E-state index in [-0.39, 0.29) is 0 Å². The van der Waals surface area contributed by atoms with Gasteiger partial charge in [0, 0.05) is 12.6 Å². The lowest BCUT2D eigenvalue weighted by molar-refractivity contribution is -0.0456. The molecule has 3 fully saturated rings. The molecule has 2 bridgehead atoms. The number of hydrogen-bond donors (Lipinski definition) is 1. The lowest BCUT2D eigenvalue weighted by Gasteiger charge is -2.39. The van der Waals surface area contributed by atoms with Crippen LogP contribution < -0.4 is 5.32 Å². The molecule has 0 aromatic rings. The summed E-state index contributed by atoms with van der Waals surface area (Å²) in [5, 5.41) is 3.72. The number of rotatable bonds is 5. The molecule has 1 N–H and O–H groups in total. The first-order valence-electron chi connectivity index (χ1n) is 9.28. The number of hydrogen-bond acceptors (Lipinski definition) is 2. The molecule has 3 aliphatic rings. The molecule has 21 heavy (non-hydrogen) atoms. The first-order valence-corrected chi connectivity index (χ1v) is 9.28. The standard InChI is InChI=1S/C19H35NO/c1-14-5-7-16(8-6-14)20-11-12-21-17-13-15-9-10-19(17,4)18(15,2)3/h14-17,20H,5-13H2,1-4H3. The van der Waals surface area contributed by atoms with E-state index in [0.717, 1.165) is 31.0 Å². The fourth-order valence-corrected chi connectivity index (χ4v) is 5.31. The van der Waals surface area contributed by atoms with Crippen molar-refractivity contribution in [2.24, 2.45) is 22.7 Å². The van der Waals surface area contributed by atoms with Gasteiger partial charge in [-0.1, -0.05) is 27.7 Å². The zero-order valence-electron chi connectivity index (χ0n) is 14.6. The van der Waals surface area contributed by atoms with Crippen LogP contribution in [0.5, 0.6) is 0 Å². The minimum Gasteiger partial charge on any atom is -0.376 e. The highest BCUT2D eigenvalue weighted by Crippen LogP contribution is 2.66. The molecule has 3 atom stereocenters. The van der Waals surface area contributed by atoms with Crippen molar-refractivity contribution in [3.05, 3.63) is 0 Å². The van der Waals surface area contributed by atoms with Crippen molar-refractivity contribution in [3.63, 3.8) is 0 Å². The van der Waals surface area contributed by atoms with E-state index in [0.29, 0.717) is 16.9 Å². The summed E-state index contributed by atoms with van der Waals surface area (Å²) in [5.41, 5.74) is 0.891. The summed E-state index contributed by atoms with van der Waals surface area (Å²) < 4.78 is 6.33. The second kappa shape index (κ2) is 5.85. The van der Waals surface area contributed by atoms with E-state index in [2.05, 4.69) is 33.0 Å². The van der Waals surface area contributed by atoms with Crippen LogP contribution in [0.1, 0.15) is 72.6 Å². The molecular weight excluding hydrogens is 258 g/mol. The smallest absolute Gasteiger partial charge is 0.0637 e. The van der Waals surface area contributed by atoms with Crippen LogP contribution in [0, 0.1) is 22.7 Å². The third-order valence-corrected chi connectivity index (χ3v) is 7.58. The average Bonchev–Trinajstić information content (AvgIpc) is 2.78. The Morgan fingerprint density at radius 3 is 2.33 bits per heavy atom. The van der Waals surface area contributed by atoms with Crippen molar-refractivity contribution in [1.82, 2.24) is 5.32 Å². The first-order chi connectivity index (χ1) is 9.93. The Morgan fingerprint density at radius 1 is 1.05 bits per heavy atom. The minimum absolute atomic E-state index is 0.415. The Labute approximate surface area is 131 Å². The molecule has 3 unspecified atom stereocenters. The Hall–Kier alpha value is -0.0800. The molecule has 3 aliphatic carbocycles. The second-order valence-electron chi connectivity index (χ2n) is 8.88. The van der Waals surface area contributed by atoms with Crippen molar-refractivity contribution in [3.8, 4) is 0 Å². The summed E-state index contributed by atoms with van der Waals surface area (Å²) in [6.07, 6.45) is 10.1. The van der Waals surface area contributed by atoms with Gasteiger partial charge in [0.1, 0.15) is 0 Å². The van der Waals surface area contributed by atoms with E-state index in [1.165, 1.54) is 44.9 Å². The lowest BCUT2D eigenvalue weighted by Crippen LogP contribution is -2.39. The molecule has 3 saturated carbocycles. The molecule has 0 aromatic heterocycles. The molecular formula is C19H35NO. The molecule has 0 spiro atoms. The summed E-state index contributed by atoms with van der Waals surface area (Å²) in [6.45, 7) is 11.7. The molecule has 2 nitrogen and oxygen atoms in total. The number of nitrogens with one attached hydrogen (secondary N) is 1. The Kier molecular flexibility index (Phi) is 4.40. The molecule has 2 heteroatoms. The average molecular weight is 293 g/mol. The molecule has 0 aromatic carbocycles. The quantitative estimate of drug-likeness (QED) is 0.759. The van der Waals surface area contributed by atoms with Gasteiger partial charge in [0.15, 0.2) is 0 Å². The van der Waals surface area contributed by atoms with Crippen LogP contribution in [-0.2, 0) is 4.74 Å². The zero-order chi connectivity index (χ0) is 15.1. The minimum atomic E-state index is 0.415. The first kappa shape index (κ1) is 15.8. The largest absolute Gasteiger partial charge is 0.376 e. The van der Waals surface area contributed by atoms with Crippen LogP contribution in [0.2, 0.25) is 0 Å². The van der Waals surface area contributed by atoms with E-state index in [4.69, 9.17) is 4.74 Å². The van der Waals surface area contributed by atoms with Gasteiger partial charge >= 0.3 is 0 Å². The van der Waals surface area contributed by atoms with Gasteiger partial charge < -0.3 is 10.1 Å². The summed E-state index contributed by atoms with van der Waals surface area (Å²) in [4.78, 5) is 0. The Balaban J connectivity index is 1.39. The van der Waals surface area contributed by atoms with E-state index >= 15 is 0 Å². The topological polar surface area (TPSA) is 21.3 Å². The van der Waals surface area contributed by atoms with E-state index < -0.39 is 0 Å². The maximum Gasteiger partial charge on any atom is 0.0637 e. The fraction of sp³-hybridized carbons (Fsp3) is 1.00. The summed E-state index contributed by atoms with van der Waals surface area (Å²) >= 11 is 0. The van der Waals surface area contributed by atoms with Crippen LogP contribution in [0.25, 0.3) is 0 Å². The second-order valence-corrected chi connectivity index (χ2v) is 8.88. The lowest BCUT2D eigenvalue weighted by atomic mass is 9.70. The molecule has 3 rings (SSSR count). The van der Waals surface area contributed by atoms with Crippen LogP contribution in [0.3, 0.4) is 0 Å². The summed E-state index contributed by atoms with van der Waals surface area (Å²) in [6, 6.07) is 0.747. The molecule has 0 aliphatic heterocycles. The Morgan fingerprint density at radius 2 is 1.76 bits per heavy atom. The fourth-order valence-electron chi connectivity index (χ4n) is 5.31. The van der Waals surface area contributed by atoms with Crippen LogP contribution in [0.4, 0.5) is 0 Å². The highest BCUT2D eigenvalue weighted by molar-refractivity contribution is 5.11. The van der Waals surface area contributed by atoms with Gasteiger partial charge in [-0.15, -0.1) is 0 Å². The summed E-state index contributed by atoms with van der Waals surface area (Å²) in [7, 11) is 0. The number of fused-ring (bicyclic) bond motifs is 2. The predicted molar refractivity (Wildman–Crippen MR) is 88.4 cm³/mol. The molecule has 0 heterocycles. The van der Waals surface area contributed by atoms with Crippen molar-refractivity contribution in [1.29, 1.82) is 0 Å². The molecule has 0 saturated heterocycles. The third-order valence-electron chi connectivity index (χ3n) is 7.58. The maximum absolute atomic E-state index is 6.33. The Bertz CT molecular complexity index is 359. The van der Waals surface area contributed by atoms with Gasteiger partial charge in [0.2, 0.25) is 0 Å². The van der Waals surface area contributed by atoms with Gasteiger partial charge in [0.05, 0.1) is 12.7 Å². The predicted octanol–water partition coefficient (Wildman–Crippen LogP) is 4.39. The van der Waals surface area contributed by atoms with Crippen molar-refractivity contribution >= 4 is 0 Å². The highest BCUT2D eigenvalue weighted by Gasteiger charge is 2.61. The van der Waals surface area contributed by atoms with E-state index in [9.17, 15) is 0 Å². The van der Waals surface area contributed by atoms with E-state index in [1.807, 2.05) is 0 Å². The van der Waals surface area contributed by atoms with Crippen molar-refractivity contribution in [2.45, 2.75) is 84.8 Å². The maximum atomic E-state index is 6.33. The van der Waals surface area contributed by atoms with Gasteiger partial charge in [-0.05, 0) is 67.6 Å². The summed E-state index contributed by atoms with van der Waals surface area (Å²) in [5.74, 6) is 1.83. The van der Waals surface area contributed by atoms with Gasteiger partial charge in [-0.25, -0.2) is 0 Å². The SMILES string of the molecule is CC1CCC(NCCOC2CC3CCC2(C)C3(C)C)CC1. The molecule has 0 radical (unpaired) electrons. The van der Waals surface area contributed by atoms with E-state index in [1.54, 1.807) is 0 Å². The molecule has 0 amide bonds. The number of ether oxygens (including phenoxy) is 1. The highest BCUT2D eigenvalue weighted by atomic mass is 16.5.